The number of anilines is 1. The van der Waals surface area contributed by atoms with E-state index in [-0.39, 0.29) is 11.7 Å². The molecule has 1 N–H and O–H groups in total. The molecular formula is C22H23FN4O3S. The second kappa shape index (κ2) is 8.58. The Balaban J connectivity index is 1.55. The predicted octanol–water partition coefficient (Wildman–Crippen LogP) is 3.61. The molecule has 2 aromatic carbocycles. The summed E-state index contributed by atoms with van der Waals surface area (Å²) in [5.41, 5.74) is 1.71. The monoisotopic (exact) mass is 442 g/mol. The Bertz CT molecular complexity index is 1220. The van der Waals surface area contributed by atoms with Gasteiger partial charge in [0.1, 0.15) is 11.6 Å². The lowest BCUT2D eigenvalue weighted by Gasteiger charge is -2.11. The van der Waals surface area contributed by atoms with Crippen LogP contribution in [-0.4, -0.2) is 35.3 Å². The molecule has 0 spiro atoms. The topological polar surface area (TPSA) is 93.9 Å². The molecule has 31 heavy (non-hydrogen) atoms. The van der Waals surface area contributed by atoms with Gasteiger partial charge < -0.3 is 9.88 Å². The van der Waals surface area contributed by atoms with E-state index in [9.17, 15) is 17.6 Å². The number of benzene rings is 2. The van der Waals surface area contributed by atoms with E-state index in [1.54, 1.807) is 30.3 Å². The summed E-state index contributed by atoms with van der Waals surface area (Å²) in [7, 11) is -3.15. The number of rotatable bonds is 5. The van der Waals surface area contributed by atoms with Crippen molar-refractivity contribution in [2.24, 2.45) is 0 Å². The number of hydrogen-bond acceptors (Lipinski definition) is 5. The standard InChI is InChI=1S/C22H23FN4O3S/c1-31(29,30)14-15-6-8-16(9-7-15)22(28)24-17-10-11-19(23)18(13-17)21-26-25-20-5-3-2-4-12-27(20)21/h6-11,13H,2-5,12,14H2,1H3,(H,24,28). The molecule has 3 aromatic rings. The van der Waals surface area contributed by atoms with E-state index >= 15 is 0 Å². The largest absolute Gasteiger partial charge is 0.322 e. The number of carbonyl (C=O) groups excluding carboxylic acids is 1. The summed E-state index contributed by atoms with van der Waals surface area (Å²) in [6.07, 6.45) is 5.11. The highest BCUT2D eigenvalue weighted by Gasteiger charge is 2.19. The Morgan fingerprint density at radius 3 is 2.61 bits per heavy atom. The molecule has 1 aromatic heterocycles. The van der Waals surface area contributed by atoms with Crippen LogP contribution < -0.4 is 5.32 Å². The fourth-order valence-corrected chi connectivity index (χ4v) is 4.51. The molecule has 1 amide bonds. The van der Waals surface area contributed by atoms with Crippen LogP contribution in [0.4, 0.5) is 10.1 Å². The molecule has 1 aliphatic rings. The number of carbonyl (C=O) groups is 1. The van der Waals surface area contributed by atoms with E-state index in [0.29, 0.717) is 28.2 Å². The maximum atomic E-state index is 14.6. The van der Waals surface area contributed by atoms with Gasteiger partial charge in [-0.25, -0.2) is 12.8 Å². The molecule has 0 radical (unpaired) electrons. The summed E-state index contributed by atoms with van der Waals surface area (Å²) in [5, 5.41) is 11.2. The number of nitrogens with zero attached hydrogens (tertiary/aromatic N) is 3. The fraction of sp³-hybridized carbons (Fsp3) is 0.318. The first-order valence-electron chi connectivity index (χ1n) is 10.1. The van der Waals surface area contributed by atoms with E-state index in [0.717, 1.165) is 44.3 Å². The van der Waals surface area contributed by atoms with Crippen molar-refractivity contribution in [3.05, 3.63) is 65.2 Å². The van der Waals surface area contributed by atoms with Crippen LogP contribution in [-0.2, 0) is 28.6 Å². The van der Waals surface area contributed by atoms with Gasteiger partial charge in [-0.3, -0.25) is 4.79 Å². The van der Waals surface area contributed by atoms with Gasteiger partial charge in [0.15, 0.2) is 15.7 Å². The van der Waals surface area contributed by atoms with Crippen LogP contribution >= 0.6 is 0 Å². The van der Waals surface area contributed by atoms with E-state index in [2.05, 4.69) is 15.5 Å². The minimum absolute atomic E-state index is 0.0844. The van der Waals surface area contributed by atoms with Crippen molar-refractivity contribution in [1.82, 2.24) is 14.8 Å². The van der Waals surface area contributed by atoms with E-state index in [4.69, 9.17) is 0 Å². The second-order valence-corrected chi connectivity index (χ2v) is 9.96. The first-order chi connectivity index (χ1) is 14.8. The van der Waals surface area contributed by atoms with Crippen LogP contribution in [0.3, 0.4) is 0 Å². The van der Waals surface area contributed by atoms with Crippen LogP contribution in [0.1, 0.15) is 41.0 Å². The molecule has 0 aliphatic carbocycles. The Hall–Kier alpha value is -3.07. The molecule has 0 atom stereocenters. The Kier molecular flexibility index (Phi) is 5.86. The maximum absolute atomic E-state index is 14.6. The third-order valence-corrected chi connectivity index (χ3v) is 6.08. The van der Waals surface area contributed by atoms with Gasteiger partial charge >= 0.3 is 0 Å². The van der Waals surface area contributed by atoms with Crippen molar-refractivity contribution in [1.29, 1.82) is 0 Å². The highest BCUT2D eigenvalue weighted by molar-refractivity contribution is 7.89. The number of aromatic nitrogens is 3. The molecule has 0 saturated carbocycles. The average molecular weight is 443 g/mol. The Labute approximate surface area is 180 Å². The van der Waals surface area contributed by atoms with Crippen molar-refractivity contribution >= 4 is 21.4 Å². The molecule has 0 fully saturated rings. The van der Waals surface area contributed by atoms with Crippen molar-refractivity contribution in [2.75, 3.05) is 11.6 Å². The Morgan fingerprint density at radius 1 is 1.10 bits per heavy atom. The molecule has 162 valence electrons. The molecule has 0 unspecified atom stereocenters. The SMILES string of the molecule is CS(=O)(=O)Cc1ccc(C(=O)Nc2ccc(F)c(-c3nnc4n3CCCCC4)c2)cc1. The van der Waals surface area contributed by atoms with Crippen molar-refractivity contribution in [3.63, 3.8) is 0 Å². The summed E-state index contributed by atoms with van der Waals surface area (Å²) >= 11 is 0. The zero-order chi connectivity index (χ0) is 22.0. The van der Waals surface area contributed by atoms with Crippen LogP contribution in [0.2, 0.25) is 0 Å². The van der Waals surface area contributed by atoms with Crippen LogP contribution in [0.25, 0.3) is 11.4 Å². The molecule has 9 heteroatoms. The quantitative estimate of drug-likeness (QED) is 0.652. The number of aryl methyl sites for hydroxylation is 1. The second-order valence-electron chi connectivity index (χ2n) is 7.82. The first kappa shape index (κ1) is 21.2. The normalized spacial score (nSPS) is 14.0. The van der Waals surface area contributed by atoms with Crippen molar-refractivity contribution in [3.8, 4) is 11.4 Å². The van der Waals surface area contributed by atoms with E-state index < -0.39 is 15.7 Å². The lowest BCUT2D eigenvalue weighted by Crippen LogP contribution is -2.12. The Morgan fingerprint density at radius 2 is 1.87 bits per heavy atom. The number of hydrogen-bond donors (Lipinski definition) is 1. The fourth-order valence-electron chi connectivity index (χ4n) is 3.72. The zero-order valence-corrected chi connectivity index (χ0v) is 18.0. The van der Waals surface area contributed by atoms with Gasteiger partial charge in [0, 0.05) is 30.5 Å². The van der Waals surface area contributed by atoms with Gasteiger partial charge in [0.05, 0.1) is 11.3 Å². The summed E-state index contributed by atoms with van der Waals surface area (Å²) in [6.45, 7) is 0.744. The summed E-state index contributed by atoms with van der Waals surface area (Å²) in [5.74, 6) is 0.441. The average Bonchev–Trinajstić information content (AvgIpc) is 2.96. The van der Waals surface area contributed by atoms with Gasteiger partial charge in [-0.2, -0.15) is 0 Å². The van der Waals surface area contributed by atoms with Gasteiger partial charge in [-0.05, 0) is 48.7 Å². The number of fused-ring (bicyclic) bond motifs is 1. The molecule has 2 heterocycles. The van der Waals surface area contributed by atoms with Crippen LogP contribution in [0.15, 0.2) is 42.5 Å². The van der Waals surface area contributed by atoms with E-state index in [1.807, 2.05) is 4.57 Å². The number of sulfone groups is 1. The highest BCUT2D eigenvalue weighted by atomic mass is 32.2. The minimum atomic E-state index is -3.15. The molecule has 4 rings (SSSR count). The van der Waals surface area contributed by atoms with Gasteiger partial charge in [0.2, 0.25) is 0 Å². The highest BCUT2D eigenvalue weighted by Crippen LogP contribution is 2.27. The maximum Gasteiger partial charge on any atom is 0.255 e. The molecular weight excluding hydrogens is 419 g/mol. The third-order valence-electron chi connectivity index (χ3n) is 5.22. The third kappa shape index (κ3) is 4.99. The lowest BCUT2D eigenvalue weighted by atomic mass is 10.1. The van der Waals surface area contributed by atoms with Crippen LogP contribution in [0, 0.1) is 5.82 Å². The zero-order valence-electron chi connectivity index (χ0n) is 17.1. The molecule has 0 saturated heterocycles. The smallest absolute Gasteiger partial charge is 0.255 e. The van der Waals surface area contributed by atoms with E-state index in [1.165, 1.54) is 12.1 Å². The molecule has 0 bridgehead atoms. The summed E-state index contributed by atoms with van der Waals surface area (Å²) in [4.78, 5) is 12.6. The van der Waals surface area contributed by atoms with Crippen molar-refractivity contribution < 1.29 is 17.6 Å². The molecule has 7 nitrogen and oxygen atoms in total. The summed E-state index contributed by atoms with van der Waals surface area (Å²) < 4.78 is 39.4. The minimum Gasteiger partial charge on any atom is -0.322 e. The van der Waals surface area contributed by atoms with Gasteiger partial charge in [-0.15, -0.1) is 10.2 Å². The predicted molar refractivity (Wildman–Crippen MR) is 116 cm³/mol. The van der Waals surface area contributed by atoms with Crippen molar-refractivity contribution in [2.45, 2.75) is 38.0 Å². The number of halogens is 1. The summed E-state index contributed by atoms with van der Waals surface area (Å²) in [6, 6.07) is 10.7. The van der Waals surface area contributed by atoms with Gasteiger partial charge in [-0.1, -0.05) is 18.6 Å². The molecule has 1 aliphatic heterocycles. The van der Waals surface area contributed by atoms with Crippen LogP contribution in [0.5, 0.6) is 0 Å². The number of amides is 1. The first-order valence-corrected chi connectivity index (χ1v) is 12.2. The van der Waals surface area contributed by atoms with Gasteiger partial charge in [0.25, 0.3) is 5.91 Å². The number of nitrogens with one attached hydrogen (secondary N) is 1. The lowest BCUT2D eigenvalue weighted by molar-refractivity contribution is 0.102.